The number of aromatic hydroxyl groups is 1. The number of phenols is 1. The van der Waals surface area contributed by atoms with E-state index in [4.69, 9.17) is 18.9 Å². The Morgan fingerprint density at radius 1 is 0.706 bits per heavy atom. The topological polar surface area (TPSA) is 86.3 Å². The Morgan fingerprint density at radius 3 is 1.85 bits per heavy atom. The highest BCUT2D eigenvalue weighted by atomic mass is 16.5. The van der Waals surface area contributed by atoms with Crippen LogP contribution in [0.4, 0.5) is 5.69 Å². The molecule has 7 nitrogen and oxygen atoms in total. The van der Waals surface area contributed by atoms with Crippen molar-refractivity contribution in [1.29, 1.82) is 0 Å². The second kappa shape index (κ2) is 11.5. The van der Waals surface area contributed by atoms with Crippen molar-refractivity contribution in [1.82, 2.24) is 0 Å². The lowest BCUT2D eigenvalue weighted by atomic mass is 10.1. The SMILES string of the molecule is COc1cc(/C=C/c2cc(OC)c(OC)c(OC)c2)ccc1NC(=O)/C=C/c1ccc(O)cc1. The lowest BCUT2D eigenvalue weighted by molar-refractivity contribution is -0.111. The average molecular weight is 462 g/mol. The van der Waals surface area contributed by atoms with Gasteiger partial charge in [-0.15, -0.1) is 0 Å². The molecule has 34 heavy (non-hydrogen) atoms. The van der Waals surface area contributed by atoms with Crippen LogP contribution >= 0.6 is 0 Å². The van der Waals surface area contributed by atoms with E-state index in [0.717, 1.165) is 16.7 Å². The minimum atomic E-state index is -0.299. The predicted molar refractivity (Wildman–Crippen MR) is 134 cm³/mol. The number of nitrogens with one attached hydrogen (secondary N) is 1. The van der Waals surface area contributed by atoms with Crippen LogP contribution in [-0.2, 0) is 4.79 Å². The van der Waals surface area contributed by atoms with Crippen molar-refractivity contribution in [3.05, 3.63) is 77.4 Å². The van der Waals surface area contributed by atoms with Crippen molar-refractivity contribution in [2.24, 2.45) is 0 Å². The maximum atomic E-state index is 12.3. The summed E-state index contributed by atoms with van der Waals surface area (Å²) in [6.07, 6.45) is 6.91. The molecule has 0 aromatic heterocycles. The molecule has 0 aliphatic carbocycles. The third-order valence-electron chi connectivity index (χ3n) is 4.96. The number of carbonyl (C=O) groups excluding carboxylic acids is 1. The van der Waals surface area contributed by atoms with Gasteiger partial charge < -0.3 is 29.4 Å². The van der Waals surface area contributed by atoms with Crippen LogP contribution in [0.15, 0.2) is 60.7 Å². The molecule has 0 unspecified atom stereocenters. The van der Waals surface area contributed by atoms with Crippen molar-refractivity contribution in [3.8, 4) is 28.7 Å². The molecule has 2 N–H and O–H groups in total. The number of hydrogen-bond acceptors (Lipinski definition) is 6. The Kier molecular flexibility index (Phi) is 8.18. The second-order valence-electron chi connectivity index (χ2n) is 7.17. The van der Waals surface area contributed by atoms with Crippen LogP contribution in [0, 0.1) is 0 Å². The summed E-state index contributed by atoms with van der Waals surface area (Å²) in [4.78, 5) is 12.3. The second-order valence-corrected chi connectivity index (χ2v) is 7.17. The van der Waals surface area contributed by atoms with Gasteiger partial charge in [-0.25, -0.2) is 0 Å². The van der Waals surface area contributed by atoms with Gasteiger partial charge in [-0.3, -0.25) is 4.79 Å². The fraction of sp³-hybridized carbons (Fsp3) is 0.148. The minimum Gasteiger partial charge on any atom is -0.508 e. The van der Waals surface area contributed by atoms with Gasteiger partial charge in [0.1, 0.15) is 11.5 Å². The van der Waals surface area contributed by atoms with Crippen LogP contribution in [0.2, 0.25) is 0 Å². The quantitative estimate of drug-likeness (QED) is 0.334. The summed E-state index contributed by atoms with van der Waals surface area (Å²) in [5.74, 6) is 2.06. The molecule has 0 bridgehead atoms. The molecule has 0 radical (unpaired) electrons. The molecular formula is C27H27NO6. The first-order valence-electron chi connectivity index (χ1n) is 10.4. The molecule has 0 heterocycles. The highest BCUT2D eigenvalue weighted by molar-refractivity contribution is 6.02. The summed E-state index contributed by atoms with van der Waals surface area (Å²) < 4.78 is 21.6. The molecule has 3 aromatic rings. The fourth-order valence-corrected chi connectivity index (χ4v) is 3.24. The van der Waals surface area contributed by atoms with Gasteiger partial charge in [0.05, 0.1) is 34.1 Å². The molecule has 0 fully saturated rings. The minimum absolute atomic E-state index is 0.172. The van der Waals surface area contributed by atoms with E-state index in [2.05, 4.69) is 5.32 Å². The van der Waals surface area contributed by atoms with Crippen LogP contribution in [0.25, 0.3) is 18.2 Å². The fourth-order valence-electron chi connectivity index (χ4n) is 3.24. The molecular weight excluding hydrogens is 434 g/mol. The molecule has 0 aliphatic rings. The van der Waals surface area contributed by atoms with E-state index in [1.54, 1.807) is 64.8 Å². The van der Waals surface area contributed by atoms with E-state index < -0.39 is 0 Å². The van der Waals surface area contributed by atoms with Crippen LogP contribution in [0.5, 0.6) is 28.7 Å². The largest absolute Gasteiger partial charge is 0.508 e. The lowest BCUT2D eigenvalue weighted by Crippen LogP contribution is -2.09. The van der Waals surface area contributed by atoms with Crippen molar-refractivity contribution < 1.29 is 28.8 Å². The molecule has 3 rings (SSSR count). The van der Waals surface area contributed by atoms with Gasteiger partial charge in [0.25, 0.3) is 0 Å². The van der Waals surface area contributed by atoms with E-state index in [-0.39, 0.29) is 11.7 Å². The van der Waals surface area contributed by atoms with Crippen LogP contribution in [-0.4, -0.2) is 39.5 Å². The number of ether oxygens (including phenoxy) is 4. The molecule has 1 amide bonds. The number of rotatable bonds is 9. The molecule has 0 spiro atoms. The zero-order valence-corrected chi connectivity index (χ0v) is 19.5. The molecule has 7 heteroatoms. The van der Waals surface area contributed by atoms with Gasteiger partial charge in [0, 0.05) is 6.08 Å². The van der Waals surface area contributed by atoms with Crippen LogP contribution in [0.3, 0.4) is 0 Å². The van der Waals surface area contributed by atoms with E-state index in [1.165, 1.54) is 6.08 Å². The van der Waals surface area contributed by atoms with Crippen molar-refractivity contribution in [2.75, 3.05) is 33.8 Å². The summed E-state index contributed by atoms with van der Waals surface area (Å²) in [6, 6.07) is 15.7. The Bertz CT molecular complexity index is 1170. The van der Waals surface area contributed by atoms with Gasteiger partial charge in [-0.1, -0.05) is 30.4 Å². The van der Waals surface area contributed by atoms with Gasteiger partial charge in [0.2, 0.25) is 11.7 Å². The maximum Gasteiger partial charge on any atom is 0.248 e. The smallest absolute Gasteiger partial charge is 0.248 e. The highest BCUT2D eigenvalue weighted by Gasteiger charge is 2.12. The summed E-state index contributed by atoms with van der Waals surface area (Å²) in [7, 11) is 6.25. The molecule has 0 saturated carbocycles. The normalized spacial score (nSPS) is 10.9. The number of methoxy groups -OCH3 is 4. The van der Waals surface area contributed by atoms with E-state index in [1.807, 2.05) is 36.4 Å². The summed E-state index contributed by atoms with van der Waals surface area (Å²) in [5.41, 5.74) is 3.09. The number of phenolic OH excluding ortho intramolecular Hbond substituents is 1. The van der Waals surface area contributed by atoms with Crippen LogP contribution in [0.1, 0.15) is 16.7 Å². The Morgan fingerprint density at radius 2 is 1.26 bits per heavy atom. The first-order chi connectivity index (χ1) is 16.5. The number of benzene rings is 3. The van der Waals surface area contributed by atoms with Crippen LogP contribution < -0.4 is 24.3 Å². The monoisotopic (exact) mass is 461 g/mol. The number of anilines is 1. The number of hydrogen-bond donors (Lipinski definition) is 2. The van der Waals surface area contributed by atoms with Crippen molar-refractivity contribution >= 4 is 29.8 Å². The third kappa shape index (κ3) is 6.10. The Balaban J connectivity index is 1.75. The van der Waals surface area contributed by atoms with E-state index in [9.17, 15) is 9.90 Å². The zero-order valence-electron chi connectivity index (χ0n) is 19.5. The summed E-state index contributed by atoms with van der Waals surface area (Å²) in [5, 5.41) is 12.2. The average Bonchev–Trinajstić information content (AvgIpc) is 2.86. The number of carbonyl (C=O) groups is 1. The van der Waals surface area contributed by atoms with Crippen molar-refractivity contribution in [3.63, 3.8) is 0 Å². The first kappa shape index (κ1) is 24.3. The lowest BCUT2D eigenvalue weighted by Gasteiger charge is -2.13. The zero-order chi connectivity index (χ0) is 24.5. The third-order valence-corrected chi connectivity index (χ3v) is 4.96. The van der Waals surface area contributed by atoms with Gasteiger partial charge in [0.15, 0.2) is 11.5 Å². The molecule has 0 atom stereocenters. The highest BCUT2D eigenvalue weighted by Crippen LogP contribution is 2.38. The van der Waals surface area contributed by atoms with E-state index >= 15 is 0 Å². The maximum absolute atomic E-state index is 12.3. The first-order valence-corrected chi connectivity index (χ1v) is 10.4. The van der Waals surface area contributed by atoms with Crippen molar-refractivity contribution in [2.45, 2.75) is 0 Å². The summed E-state index contributed by atoms with van der Waals surface area (Å²) in [6.45, 7) is 0. The van der Waals surface area contributed by atoms with E-state index in [0.29, 0.717) is 28.7 Å². The summed E-state index contributed by atoms with van der Waals surface area (Å²) >= 11 is 0. The van der Waals surface area contributed by atoms with Gasteiger partial charge in [-0.05, 0) is 59.2 Å². The number of amides is 1. The predicted octanol–water partition coefficient (Wildman–Crippen LogP) is 5.25. The Hall–Kier alpha value is -4.39. The standard InChI is InChI=1S/C27H27NO6/c1-31-23-15-19(5-6-20-16-24(32-2)27(34-4)25(17-20)33-3)9-13-22(23)28-26(30)14-10-18-7-11-21(29)12-8-18/h5-17,29H,1-4H3,(H,28,30)/b6-5+,14-10+. The molecule has 0 saturated heterocycles. The Labute approximate surface area is 198 Å². The van der Waals surface area contributed by atoms with Gasteiger partial charge >= 0.3 is 0 Å². The van der Waals surface area contributed by atoms with Gasteiger partial charge in [-0.2, -0.15) is 0 Å². The molecule has 176 valence electrons. The molecule has 3 aromatic carbocycles. The molecule has 0 aliphatic heterocycles.